The molecule has 2 aliphatic heterocycles. The Morgan fingerprint density at radius 3 is 2.93 bits per heavy atom. The lowest BCUT2D eigenvalue weighted by Gasteiger charge is -2.35. The van der Waals surface area contributed by atoms with Crippen molar-refractivity contribution < 1.29 is 23.6 Å². The number of cyclic esters (lactones) is 1. The van der Waals surface area contributed by atoms with Gasteiger partial charge in [0.25, 0.3) is 0 Å². The second-order valence-electron chi connectivity index (χ2n) is 6.44. The average Bonchev–Trinajstić information content (AvgIpc) is 3.33. The van der Waals surface area contributed by atoms with Gasteiger partial charge in [0.1, 0.15) is 18.1 Å². The maximum absolute atomic E-state index is 12.4. The molecule has 0 aliphatic carbocycles. The van der Waals surface area contributed by atoms with E-state index in [1.165, 1.54) is 0 Å². The molecular formula is C18H20N4O5. The van der Waals surface area contributed by atoms with E-state index < -0.39 is 0 Å². The molecule has 142 valence electrons. The number of ether oxygens (including phenoxy) is 2. The Morgan fingerprint density at radius 2 is 2.15 bits per heavy atom. The molecule has 1 unspecified atom stereocenters. The standard InChI is InChI=1S/C18H20N4O5/c1-25-15-4-2-12(3-5-15)16-8-13(20-27-16)9-19-17(23)21-6-7-22-14(10-21)11-26-18(22)24/h2-5,8,14H,6-7,9-11H2,1H3,(H,19,23). The van der Waals surface area contributed by atoms with Crippen molar-refractivity contribution in [2.45, 2.75) is 12.6 Å². The molecule has 3 amide bonds. The summed E-state index contributed by atoms with van der Waals surface area (Å²) in [6.45, 7) is 2.03. The molecule has 4 rings (SSSR count). The highest BCUT2D eigenvalue weighted by Gasteiger charge is 2.38. The first-order valence-electron chi connectivity index (χ1n) is 8.70. The normalized spacial score (nSPS) is 18.9. The molecule has 3 heterocycles. The van der Waals surface area contributed by atoms with Crippen molar-refractivity contribution in [1.29, 1.82) is 0 Å². The summed E-state index contributed by atoms with van der Waals surface area (Å²) in [6.07, 6.45) is -0.297. The van der Waals surface area contributed by atoms with Crippen LogP contribution in [0.15, 0.2) is 34.9 Å². The molecule has 0 saturated carbocycles. The van der Waals surface area contributed by atoms with Crippen LogP contribution in [0.5, 0.6) is 5.75 Å². The molecular weight excluding hydrogens is 352 g/mol. The first kappa shape index (κ1) is 17.2. The molecule has 27 heavy (non-hydrogen) atoms. The fraction of sp³-hybridized carbons (Fsp3) is 0.389. The van der Waals surface area contributed by atoms with Crippen LogP contribution in [-0.4, -0.2) is 66.5 Å². The lowest BCUT2D eigenvalue weighted by molar-refractivity contribution is 0.127. The van der Waals surface area contributed by atoms with Crippen molar-refractivity contribution in [3.05, 3.63) is 36.0 Å². The van der Waals surface area contributed by atoms with Gasteiger partial charge in [-0.2, -0.15) is 0 Å². The van der Waals surface area contributed by atoms with Gasteiger partial charge in [0.05, 0.1) is 19.7 Å². The van der Waals surface area contributed by atoms with Gasteiger partial charge in [0.2, 0.25) is 0 Å². The average molecular weight is 372 g/mol. The minimum absolute atomic E-state index is 0.0641. The summed E-state index contributed by atoms with van der Waals surface area (Å²) in [5, 5.41) is 6.85. The summed E-state index contributed by atoms with van der Waals surface area (Å²) in [5.74, 6) is 1.39. The van der Waals surface area contributed by atoms with Gasteiger partial charge in [-0.3, -0.25) is 4.90 Å². The van der Waals surface area contributed by atoms with E-state index in [0.29, 0.717) is 37.7 Å². The SMILES string of the molecule is COc1ccc(-c2cc(CNC(=O)N3CCN4C(=O)OCC4C3)no2)cc1. The van der Waals surface area contributed by atoms with Crippen LogP contribution in [-0.2, 0) is 11.3 Å². The van der Waals surface area contributed by atoms with Crippen molar-refractivity contribution in [3.8, 4) is 17.1 Å². The second kappa shape index (κ2) is 7.18. The summed E-state index contributed by atoms with van der Waals surface area (Å²) in [7, 11) is 1.61. The topological polar surface area (TPSA) is 97.1 Å². The number of amides is 3. The monoisotopic (exact) mass is 372 g/mol. The molecule has 1 aromatic carbocycles. The van der Waals surface area contributed by atoms with Gasteiger partial charge < -0.3 is 24.2 Å². The number of nitrogens with one attached hydrogen (secondary N) is 1. The molecule has 9 heteroatoms. The highest BCUT2D eigenvalue weighted by Crippen LogP contribution is 2.23. The predicted molar refractivity (Wildman–Crippen MR) is 94.1 cm³/mol. The summed E-state index contributed by atoms with van der Waals surface area (Å²) in [5.41, 5.74) is 1.51. The van der Waals surface area contributed by atoms with Crippen LogP contribution in [0, 0.1) is 0 Å². The summed E-state index contributed by atoms with van der Waals surface area (Å²) in [4.78, 5) is 27.3. The van der Waals surface area contributed by atoms with E-state index in [2.05, 4.69) is 10.5 Å². The molecule has 9 nitrogen and oxygen atoms in total. The van der Waals surface area contributed by atoms with Crippen molar-refractivity contribution >= 4 is 12.1 Å². The Hall–Kier alpha value is -3.23. The Balaban J connectivity index is 1.32. The van der Waals surface area contributed by atoms with Crippen LogP contribution in [0.25, 0.3) is 11.3 Å². The third-order valence-electron chi connectivity index (χ3n) is 4.76. The lowest BCUT2D eigenvalue weighted by atomic mass is 10.1. The minimum atomic E-state index is -0.297. The Labute approximate surface area is 155 Å². The number of carbonyl (C=O) groups excluding carboxylic acids is 2. The number of aromatic nitrogens is 1. The quantitative estimate of drug-likeness (QED) is 0.877. The molecule has 0 spiro atoms. The van der Waals surface area contributed by atoms with Gasteiger partial charge in [-0.05, 0) is 24.3 Å². The molecule has 2 saturated heterocycles. The molecule has 1 aromatic heterocycles. The van der Waals surface area contributed by atoms with Gasteiger partial charge in [-0.25, -0.2) is 9.59 Å². The van der Waals surface area contributed by atoms with Gasteiger partial charge in [0, 0.05) is 31.3 Å². The number of hydrogen-bond acceptors (Lipinski definition) is 6. The van der Waals surface area contributed by atoms with Crippen LogP contribution in [0.1, 0.15) is 5.69 Å². The number of methoxy groups -OCH3 is 1. The van der Waals surface area contributed by atoms with Gasteiger partial charge in [-0.1, -0.05) is 5.16 Å². The molecule has 0 bridgehead atoms. The number of fused-ring (bicyclic) bond motifs is 1. The van der Waals surface area contributed by atoms with Crippen molar-refractivity contribution in [1.82, 2.24) is 20.3 Å². The van der Waals surface area contributed by atoms with Gasteiger partial charge in [0.15, 0.2) is 5.76 Å². The van der Waals surface area contributed by atoms with E-state index in [9.17, 15) is 9.59 Å². The number of rotatable bonds is 4. The maximum Gasteiger partial charge on any atom is 0.410 e. The molecule has 2 fully saturated rings. The Morgan fingerprint density at radius 1 is 1.33 bits per heavy atom. The smallest absolute Gasteiger partial charge is 0.410 e. The summed E-state index contributed by atoms with van der Waals surface area (Å²) in [6, 6.07) is 8.99. The highest BCUT2D eigenvalue weighted by atomic mass is 16.6. The number of hydrogen-bond donors (Lipinski definition) is 1. The van der Waals surface area contributed by atoms with Crippen LogP contribution in [0.2, 0.25) is 0 Å². The number of carbonyl (C=O) groups is 2. The van der Waals surface area contributed by atoms with Crippen molar-refractivity contribution in [2.24, 2.45) is 0 Å². The summed E-state index contributed by atoms with van der Waals surface area (Å²) < 4.78 is 15.5. The zero-order valence-electron chi connectivity index (χ0n) is 14.9. The van der Waals surface area contributed by atoms with E-state index in [1.807, 2.05) is 24.3 Å². The van der Waals surface area contributed by atoms with Crippen molar-refractivity contribution in [2.75, 3.05) is 33.4 Å². The third-order valence-corrected chi connectivity index (χ3v) is 4.76. The number of urea groups is 1. The van der Waals surface area contributed by atoms with E-state index >= 15 is 0 Å². The van der Waals surface area contributed by atoms with Gasteiger partial charge >= 0.3 is 12.1 Å². The van der Waals surface area contributed by atoms with E-state index in [4.69, 9.17) is 14.0 Å². The first-order valence-corrected chi connectivity index (χ1v) is 8.70. The van der Waals surface area contributed by atoms with Crippen LogP contribution >= 0.6 is 0 Å². The van der Waals surface area contributed by atoms with Crippen molar-refractivity contribution in [3.63, 3.8) is 0 Å². The fourth-order valence-electron chi connectivity index (χ4n) is 3.24. The van der Waals surface area contributed by atoms with E-state index in [0.717, 1.165) is 11.3 Å². The van der Waals surface area contributed by atoms with Crippen LogP contribution < -0.4 is 10.1 Å². The zero-order valence-corrected chi connectivity index (χ0v) is 14.9. The zero-order chi connectivity index (χ0) is 18.8. The molecule has 2 aliphatic rings. The largest absolute Gasteiger partial charge is 0.497 e. The number of piperazine rings is 1. The molecule has 1 atom stereocenters. The molecule has 0 radical (unpaired) electrons. The Bertz CT molecular complexity index is 835. The summed E-state index contributed by atoms with van der Waals surface area (Å²) >= 11 is 0. The van der Waals surface area contributed by atoms with Crippen LogP contribution in [0.3, 0.4) is 0 Å². The minimum Gasteiger partial charge on any atom is -0.497 e. The molecule has 1 N–H and O–H groups in total. The van der Waals surface area contributed by atoms with Crippen LogP contribution in [0.4, 0.5) is 9.59 Å². The Kier molecular flexibility index (Phi) is 4.57. The number of nitrogens with zero attached hydrogens (tertiary/aromatic N) is 3. The number of benzene rings is 1. The first-order chi connectivity index (χ1) is 13.1. The second-order valence-corrected chi connectivity index (χ2v) is 6.44. The maximum atomic E-state index is 12.4. The highest BCUT2D eigenvalue weighted by molar-refractivity contribution is 5.75. The van der Waals surface area contributed by atoms with E-state index in [1.54, 1.807) is 23.0 Å². The lowest BCUT2D eigenvalue weighted by Crippen LogP contribution is -2.55. The molecule has 2 aromatic rings. The van der Waals surface area contributed by atoms with E-state index in [-0.39, 0.29) is 24.7 Å². The van der Waals surface area contributed by atoms with Gasteiger partial charge in [-0.15, -0.1) is 0 Å². The third kappa shape index (κ3) is 3.53. The predicted octanol–water partition coefficient (Wildman–Crippen LogP) is 1.70. The fourth-order valence-corrected chi connectivity index (χ4v) is 3.24.